The molecular formula is C27H22Cl2F3N3O5S. The second kappa shape index (κ2) is 12.8. The highest BCUT2D eigenvalue weighted by Gasteiger charge is 2.31. The predicted molar refractivity (Wildman–Crippen MR) is 150 cm³/mol. The van der Waals surface area contributed by atoms with Crippen LogP contribution in [0.4, 0.5) is 18.9 Å². The van der Waals surface area contributed by atoms with Crippen molar-refractivity contribution in [2.45, 2.75) is 19.9 Å². The van der Waals surface area contributed by atoms with Crippen LogP contribution in [0.3, 0.4) is 0 Å². The molecule has 0 radical (unpaired) electrons. The number of amides is 2. The fourth-order valence-corrected chi connectivity index (χ4v) is 5.09. The lowest BCUT2D eigenvalue weighted by Gasteiger charge is -2.21. The Labute approximate surface area is 246 Å². The Morgan fingerprint density at radius 1 is 1.02 bits per heavy atom. The van der Waals surface area contributed by atoms with Crippen molar-refractivity contribution in [3.63, 3.8) is 0 Å². The van der Waals surface area contributed by atoms with Gasteiger partial charge in [-0.05, 0) is 55.5 Å². The first-order chi connectivity index (χ1) is 19.4. The molecule has 0 atom stereocenters. The van der Waals surface area contributed by atoms with Crippen LogP contribution < -0.4 is 24.4 Å². The third-order valence-corrected chi connectivity index (χ3v) is 7.34. The van der Waals surface area contributed by atoms with Crippen LogP contribution in [0.1, 0.15) is 10.6 Å². The molecule has 0 aliphatic heterocycles. The largest absolute Gasteiger partial charge is 0.573 e. The molecule has 0 unspecified atom stereocenters. The van der Waals surface area contributed by atoms with Crippen molar-refractivity contribution >= 4 is 62.3 Å². The van der Waals surface area contributed by atoms with E-state index in [0.717, 1.165) is 27.4 Å². The molecule has 0 fully saturated rings. The Morgan fingerprint density at radius 2 is 1.73 bits per heavy atom. The number of aromatic nitrogens is 1. The Morgan fingerprint density at radius 3 is 2.44 bits per heavy atom. The maximum absolute atomic E-state index is 12.8. The lowest BCUT2D eigenvalue weighted by Crippen LogP contribution is -2.40. The van der Waals surface area contributed by atoms with E-state index < -0.39 is 30.5 Å². The van der Waals surface area contributed by atoms with Gasteiger partial charge in [0.15, 0.2) is 6.61 Å². The topological polar surface area (TPSA) is 90.0 Å². The third kappa shape index (κ3) is 7.93. The standard InChI is InChI=1S/C27H22Cl2F3N3O5S/c1-15-34-26-21(4-3-5-22(26)41-15)39-13-18-19(28)10-11-20(25(18)29)35(2)24(37)12-33-23(36)14-38-16-6-8-17(9-7-16)40-27(30,31)32/h3-11H,12-14H2,1-2H3,(H,33,36). The normalized spacial score (nSPS) is 11.3. The van der Waals surface area contributed by atoms with Crippen LogP contribution in [0.5, 0.6) is 17.2 Å². The number of anilines is 1. The van der Waals surface area contributed by atoms with E-state index in [1.807, 2.05) is 19.1 Å². The number of halogens is 5. The Hall–Kier alpha value is -3.74. The number of benzene rings is 3. The molecule has 1 heterocycles. The lowest BCUT2D eigenvalue weighted by molar-refractivity contribution is -0.274. The summed E-state index contributed by atoms with van der Waals surface area (Å²) >= 11 is 14.6. The predicted octanol–water partition coefficient (Wildman–Crippen LogP) is 6.55. The molecule has 0 saturated carbocycles. The summed E-state index contributed by atoms with van der Waals surface area (Å²) in [5.74, 6) is -0.812. The van der Waals surface area contributed by atoms with Gasteiger partial charge in [0.1, 0.15) is 29.4 Å². The number of ether oxygens (including phenoxy) is 3. The van der Waals surface area contributed by atoms with Crippen molar-refractivity contribution in [2.24, 2.45) is 0 Å². The molecule has 4 rings (SSSR count). The first-order valence-corrected chi connectivity index (χ1v) is 13.5. The number of rotatable bonds is 10. The fraction of sp³-hybridized carbons (Fsp3) is 0.222. The zero-order valence-electron chi connectivity index (χ0n) is 21.6. The van der Waals surface area contributed by atoms with Gasteiger partial charge in [0.05, 0.1) is 27.0 Å². The first-order valence-electron chi connectivity index (χ1n) is 11.9. The minimum Gasteiger partial charge on any atom is -0.486 e. The van der Waals surface area contributed by atoms with E-state index >= 15 is 0 Å². The molecule has 3 aromatic carbocycles. The summed E-state index contributed by atoms with van der Waals surface area (Å²) in [6.45, 7) is 1.10. The minimum atomic E-state index is -4.82. The molecule has 4 aromatic rings. The zero-order chi connectivity index (χ0) is 29.7. The molecule has 14 heteroatoms. The van der Waals surface area contributed by atoms with Crippen LogP contribution in [0.25, 0.3) is 10.2 Å². The van der Waals surface area contributed by atoms with Crippen molar-refractivity contribution < 1.29 is 37.0 Å². The van der Waals surface area contributed by atoms with Gasteiger partial charge in [-0.2, -0.15) is 0 Å². The summed E-state index contributed by atoms with van der Waals surface area (Å²) < 4.78 is 52.8. The summed E-state index contributed by atoms with van der Waals surface area (Å²) in [5.41, 5.74) is 1.56. The quantitative estimate of drug-likeness (QED) is 0.214. The van der Waals surface area contributed by atoms with E-state index in [1.165, 1.54) is 24.1 Å². The van der Waals surface area contributed by atoms with Crippen molar-refractivity contribution in [2.75, 3.05) is 25.1 Å². The number of para-hydroxylation sites is 1. The SMILES string of the molecule is Cc1nc2c(OCc3c(Cl)ccc(N(C)C(=O)CNC(=O)COc4ccc(OC(F)(F)F)cc4)c3Cl)cccc2s1. The number of carbonyl (C=O) groups excluding carboxylic acids is 2. The molecular weight excluding hydrogens is 606 g/mol. The Kier molecular flexibility index (Phi) is 9.46. The van der Waals surface area contributed by atoms with Gasteiger partial charge in [0, 0.05) is 17.6 Å². The van der Waals surface area contributed by atoms with Gasteiger partial charge in [0.2, 0.25) is 5.91 Å². The minimum absolute atomic E-state index is 0.0284. The highest BCUT2D eigenvalue weighted by atomic mass is 35.5. The van der Waals surface area contributed by atoms with Crippen molar-refractivity contribution in [1.82, 2.24) is 10.3 Å². The molecule has 8 nitrogen and oxygen atoms in total. The third-order valence-electron chi connectivity index (χ3n) is 5.63. The maximum Gasteiger partial charge on any atom is 0.573 e. The van der Waals surface area contributed by atoms with Gasteiger partial charge in [-0.15, -0.1) is 24.5 Å². The van der Waals surface area contributed by atoms with Gasteiger partial charge < -0.3 is 24.4 Å². The summed E-state index contributed by atoms with van der Waals surface area (Å²) in [6, 6.07) is 13.3. The number of alkyl halides is 3. The molecule has 2 amide bonds. The van der Waals surface area contributed by atoms with Crippen LogP contribution in [0.2, 0.25) is 10.0 Å². The molecule has 216 valence electrons. The summed E-state index contributed by atoms with van der Waals surface area (Å²) in [6.07, 6.45) is -4.82. The Bertz CT molecular complexity index is 1560. The summed E-state index contributed by atoms with van der Waals surface area (Å²) in [4.78, 5) is 30.7. The van der Waals surface area contributed by atoms with Crippen LogP contribution in [-0.4, -0.2) is 43.4 Å². The van der Waals surface area contributed by atoms with E-state index in [4.69, 9.17) is 32.7 Å². The van der Waals surface area contributed by atoms with E-state index in [0.29, 0.717) is 22.0 Å². The van der Waals surface area contributed by atoms with Crippen LogP contribution in [0, 0.1) is 6.92 Å². The molecule has 0 aliphatic rings. The van der Waals surface area contributed by atoms with Crippen LogP contribution >= 0.6 is 34.5 Å². The second-order valence-electron chi connectivity index (χ2n) is 8.52. The van der Waals surface area contributed by atoms with Crippen LogP contribution in [-0.2, 0) is 16.2 Å². The Balaban J connectivity index is 1.32. The number of likely N-dealkylation sites (N-methyl/N-ethyl adjacent to an activating group) is 1. The molecule has 0 spiro atoms. The lowest BCUT2D eigenvalue weighted by atomic mass is 10.2. The average Bonchev–Trinajstić information content (AvgIpc) is 3.31. The second-order valence-corrected chi connectivity index (χ2v) is 10.5. The monoisotopic (exact) mass is 627 g/mol. The van der Waals surface area contributed by atoms with Gasteiger partial charge in [0.25, 0.3) is 5.91 Å². The number of fused-ring (bicyclic) bond motifs is 1. The maximum atomic E-state index is 12.8. The molecule has 1 N–H and O–H groups in total. The first kappa shape index (κ1) is 30.2. The number of nitrogens with zero attached hydrogens (tertiary/aromatic N) is 2. The summed E-state index contributed by atoms with van der Waals surface area (Å²) in [5, 5.41) is 3.89. The molecule has 1 aromatic heterocycles. The average molecular weight is 628 g/mol. The van der Waals surface area contributed by atoms with Crippen LogP contribution in [0.15, 0.2) is 54.6 Å². The molecule has 0 aliphatic carbocycles. The van der Waals surface area contributed by atoms with Crippen molar-refractivity contribution in [1.29, 1.82) is 0 Å². The van der Waals surface area contributed by atoms with Gasteiger partial charge in [-0.1, -0.05) is 29.3 Å². The highest BCUT2D eigenvalue weighted by molar-refractivity contribution is 7.18. The number of thiazole rings is 1. The summed E-state index contributed by atoms with van der Waals surface area (Å²) in [7, 11) is 1.49. The van der Waals surface area contributed by atoms with E-state index in [1.54, 1.807) is 29.5 Å². The molecule has 41 heavy (non-hydrogen) atoms. The number of carbonyl (C=O) groups is 2. The van der Waals surface area contributed by atoms with Gasteiger partial charge >= 0.3 is 6.36 Å². The number of nitrogens with one attached hydrogen (secondary N) is 1. The zero-order valence-corrected chi connectivity index (χ0v) is 23.9. The van der Waals surface area contributed by atoms with Gasteiger partial charge in [-0.3, -0.25) is 9.59 Å². The number of aryl methyl sites for hydroxylation is 1. The number of hydrogen-bond acceptors (Lipinski definition) is 7. The van der Waals surface area contributed by atoms with Gasteiger partial charge in [-0.25, -0.2) is 4.98 Å². The number of hydrogen-bond donors (Lipinski definition) is 1. The van der Waals surface area contributed by atoms with E-state index in [2.05, 4.69) is 15.0 Å². The van der Waals surface area contributed by atoms with Crippen molar-refractivity contribution in [3.05, 3.63) is 75.2 Å². The fourth-order valence-electron chi connectivity index (χ4n) is 3.64. The smallest absolute Gasteiger partial charge is 0.486 e. The highest BCUT2D eigenvalue weighted by Crippen LogP contribution is 2.36. The van der Waals surface area contributed by atoms with E-state index in [-0.39, 0.29) is 23.9 Å². The van der Waals surface area contributed by atoms with Crippen molar-refractivity contribution in [3.8, 4) is 17.2 Å². The molecule has 0 saturated heterocycles. The van der Waals surface area contributed by atoms with E-state index in [9.17, 15) is 22.8 Å². The molecule has 0 bridgehead atoms.